The van der Waals surface area contributed by atoms with E-state index in [1.807, 2.05) is 7.05 Å². The molecule has 0 saturated carbocycles. The van der Waals surface area contributed by atoms with Crippen molar-refractivity contribution >= 4 is 39.9 Å². The van der Waals surface area contributed by atoms with Gasteiger partial charge in [-0.1, -0.05) is 11.6 Å². The molecule has 0 bridgehead atoms. The Morgan fingerprint density at radius 3 is 3.00 bits per heavy atom. The summed E-state index contributed by atoms with van der Waals surface area (Å²) in [5.41, 5.74) is 1.92. The van der Waals surface area contributed by atoms with Gasteiger partial charge in [-0.2, -0.15) is 0 Å². The van der Waals surface area contributed by atoms with Crippen LogP contribution in [0.5, 0.6) is 5.75 Å². The zero-order chi connectivity index (χ0) is 11.0. The third-order valence-electron chi connectivity index (χ3n) is 2.48. The number of halogens is 2. The van der Waals surface area contributed by atoms with E-state index in [0.29, 0.717) is 5.15 Å². The standard InChI is InChI=1S/C10H12ClIN2O/c1-5-3-4-6-9(15-5)8(13-2)7(12)10(11)14-6/h5H,3-4H2,1-2H3,(H,13,14)/t5-/m0/s1. The van der Waals surface area contributed by atoms with E-state index in [9.17, 15) is 0 Å². The van der Waals surface area contributed by atoms with E-state index < -0.39 is 0 Å². The van der Waals surface area contributed by atoms with Gasteiger partial charge in [0.25, 0.3) is 0 Å². The van der Waals surface area contributed by atoms with E-state index in [0.717, 1.165) is 33.5 Å². The molecule has 1 atom stereocenters. The lowest BCUT2D eigenvalue weighted by molar-refractivity contribution is 0.191. The average Bonchev–Trinajstić information content (AvgIpc) is 2.21. The Balaban J connectivity index is 2.56. The monoisotopic (exact) mass is 338 g/mol. The topological polar surface area (TPSA) is 34.2 Å². The van der Waals surface area contributed by atoms with Gasteiger partial charge >= 0.3 is 0 Å². The number of hydrogen-bond acceptors (Lipinski definition) is 3. The number of anilines is 1. The van der Waals surface area contributed by atoms with Crippen molar-refractivity contribution in [2.45, 2.75) is 25.9 Å². The van der Waals surface area contributed by atoms with E-state index in [1.165, 1.54) is 0 Å². The SMILES string of the molecule is CNc1c(I)c(Cl)nc2c1O[C@@H](C)CC2. The first kappa shape index (κ1) is 11.3. The summed E-state index contributed by atoms with van der Waals surface area (Å²) < 4.78 is 6.72. The van der Waals surface area contributed by atoms with Crippen LogP contribution in [0.4, 0.5) is 5.69 Å². The summed E-state index contributed by atoms with van der Waals surface area (Å²) in [4.78, 5) is 4.35. The number of rotatable bonds is 1. The van der Waals surface area contributed by atoms with Crippen LogP contribution < -0.4 is 10.1 Å². The van der Waals surface area contributed by atoms with Gasteiger partial charge in [0, 0.05) is 7.05 Å². The Bertz CT molecular complexity index is 397. The number of pyridine rings is 1. The maximum Gasteiger partial charge on any atom is 0.165 e. The van der Waals surface area contributed by atoms with Crippen LogP contribution in [0.1, 0.15) is 19.0 Å². The highest BCUT2D eigenvalue weighted by Gasteiger charge is 2.23. The fourth-order valence-corrected chi connectivity index (χ4v) is 2.52. The summed E-state index contributed by atoms with van der Waals surface area (Å²) >= 11 is 8.23. The van der Waals surface area contributed by atoms with Crippen molar-refractivity contribution in [3.8, 4) is 5.75 Å². The Morgan fingerprint density at radius 2 is 2.33 bits per heavy atom. The van der Waals surface area contributed by atoms with E-state index in [1.54, 1.807) is 0 Å². The van der Waals surface area contributed by atoms with Crippen LogP contribution in [-0.4, -0.2) is 18.1 Å². The third kappa shape index (κ3) is 2.01. The molecular weight excluding hydrogens is 326 g/mol. The zero-order valence-electron chi connectivity index (χ0n) is 8.60. The van der Waals surface area contributed by atoms with Crippen molar-refractivity contribution < 1.29 is 4.74 Å². The smallest absolute Gasteiger partial charge is 0.165 e. The van der Waals surface area contributed by atoms with Crippen molar-refractivity contribution in [3.63, 3.8) is 0 Å². The normalized spacial score (nSPS) is 19.3. The molecule has 0 fully saturated rings. The van der Waals surface area contributed by atoms with E-state index >= 15 is 0 Å². The molecule has 0 spiro atoms. The predicted octanol–water partition coefficient (Wildman–Crippen LogP) is 3.09. The number of fused-ring (bicyclic) bond motifs is 1. The molecule has 0 saturated heterocycles. The molecule has 2 heterocycles. The minimum atomic E-state index is 0.253. The molecule has 0 amide bonds. The van der Waals surface area contributed by atoms with Gasteiger partial charge in [-0.05, 0) is 42.4 Å². The van der Waals surface area contributed by atoms with E-state index in [-0.39, 0.29) is 6.10 Å². The van der Waals surface area contributed by atoms with Gasteiger partial charge in [0.1, 0.15) is 5.15 Å². The Morgan fingerprint density at radius 1 is 1.60 bits per heavy atom. The van der Waals surface area contributed by atoms with Crippen LogP contribution in [0.15, 0.2) is 0 Å². The van der Waals surface area contributed by atoms with Crippen LogP contribution in [0.3, 0.4) is 0 Å². The molecule has 0 aliphatic carbocycles. The summed E-state index contributed by atoms with van der Waals surface area (Å²) in [5, 5.41) is 3.68. The lowest BCUT2D eigenvalue weighted by Crippen LogP contribution is -2.21. The number of ether oxygens (including phenoxy) is 1. The first-order chi connectivity index (χ1) is 7.13. The number of aromatic nitrogens is 1. The Labute approximate surface area is 108 Å². The van der Waals surface area contributed by atoms with Gasteiger partial charge in [0.15, 0.2) is 5.75 Å². The molecule has 1 aliphatic rings. The van der Waals surface area contributed by atoms with Gasteiger partial charge in [0.05, 0.1) is 21.1 Å². The predicted molar refractivity (Wildman–Crippen MR) is 69.9 cm³/mol. The molecule has 1 aliphatic heterocycles. The van der Waals surface area contributed by atoms with Crippen molar-refractivity contribution in [3.05, 3.63) is 14.4 Å². The van der Waals surface area contributed by atoms with Gasteiger partial charge in [-0.15, -0.1) is 0 Å². The molecule has 0 radical (unpaired) electrons. The van der Waals surface area contributed by atoms with Crippen molar-refractivity contribution in [2.75, 3.05) is 12.4 Å². The molecular formula is C10H12ClIN2O. The summed E-state index contributed by atoms with van der Waals surface area (Å²) in [5.74, 6) is 0.866. The minimum Gasteiger partial charge on any atom is -0.487 e. The molecule has 2 rings (SSSR count). The summed E-state index contributed by atoms with van der Waals surface area (Å²) in [7, 11) is 1.87. The lowest BCUT2D eigenvalue weighted by Gasteiger charge is -2.25. The Kier molecular flexibility index (Phi) is 3.25. The molecule has 1 aromatic rings. The van der Waals surface area contributed by atoms with E-state index in [2.05, 4.69) is 39.8 Å². The van der Waals surface area contributed by atoms with Gasteiger partial charge in [0.2, 0.25) is 0 Å². The largest absolute Gasteiger partial charge is 0.487 e. The Hall–Kier alpha value is -0.230. The van der Waals surface area contributed by atoms with Crippen LogP contribution in [0.2, 0.25) is 5.15 Å². The summed E-state index contributed by atoms with van der Waals surface area (Å²) in [6.07, 6.45) is 2.19. The highest BCUT2D eigenvalue weighted by atomic mass is 127. The second-order valence-electron chi connectivity index (χ2n) is 3.58. The molecule has 15 heavy (non-hydrogen) atoms. The first-order valence-electron chi connectivity index (χ1n) is 4.85. The molecule has 82 valence electrons. The number of hydrogen-bond donors (Lipinski definition) is 1. The second-order valence-corrected chi connectivity index (χ2v) is 5.02. The molecule has 1 N–H and O–H groups in total. The molecule has 3 nitrogen and oxygen atoms in total. The van der Waals surface area contributed by atoms with Crippen LogP contribution in [-0.2, 0) is 6.42 Å². The second kappa shape index (κ2) is 4.33. The highest BCUT2D eigenvalue weighted by molar-refractivity contribution is 14.1. The van der Waals surface area contributed by atoms with Gasteiger partial charge in [-0.3, -0.25) is 0 Å². The highest BCUT2D eigenvalue weighted by Crippen LogP contribution is 2.39. The molecule has 0 aromatic carbocycles. The molecule has 5 heteroatoms. The summed E-state index contributed by atoms with van der Waals surface area (Å²) in [6.45, 7) is 2.07. The number of aryl methyl sites for hydroxylation is 1. The van der Waals surface area contributed by atoms with E-state index in [4.69, 9.17) is 16.3 Å². The lowest BCUT2D eigenvalue weighted by atomic mass is 10.1. The number of nitrogens with one attached hydrogen (secondary N) is 1. The third-order valence-corrected chi connectivity index (χ3v) is 4.12. The molecule has 0 unspecified atom stereocenters. The number of nitrogens with zero attached hydrogens (tertiary/aromatic N) is 1. The first-order valence-corrected chi connectivity index (χ1v) is 6.31. The van der Waals surface area contributed by atoms with Crippen molar-refractivity contribution in [1.82, 2.24) is 4.98 Å². The maximum atomic E-state index is 6.05. The maximum absolute atomic E-state index is 6.05. The zero-order valence-corrected chi connectivity index (χ0v) is 11.5. The quantitative estimate of drug-likeness (QED) is 0.631. The van der Waals surface area contributed by atoms with Crippen LogP contribution >= 0.6 is 34.2 Å². The van der Waals surface area contributed by atoms with Crippen LogP contribution in [0.25, 0.3) is 0 Å². The van der Waals surface area contributed by atoms with Crippen molar-refractivity contribution in [1.29, 1.82) is 0 Å². The van der Waals surface area contributed by atoms with Crippen molar-refractivity contribution in [2.24, 2.45) is 0 Å². The van der Waals surface area contributed by atoms with Crippen LogP contribution in [0, 0.1) is 3.57 Å². The fourth-order valence-electron chi connectivity index (χ4n) is 1.69. The van der Waals surface area contributed by atoms with Gasteiger partial charge in [-0.25, -0.2) is 4.98 Å². The molecule has 1 aromatic heterocycles. The average molecular weight is 339 g/mol. The fraction of sp³-hybridized carbons (Fsp3) is 0.500. The van der Waals surface area contributed by atoms with Gasteiger partial charge < -0.3 is 10.1 Å². The minimum absolute atomic E-state index is 0.253. The summed E-state index contributed by atoms with van der Waals surface area (Å²) in [6, 6.07) is 0.